The molecule has 2 aliphatic carbocycles. The molecule has 2 fully saturated rings. The lowest BCUT2D eigenvalue weighted by molar-refractivity contribution is -0.116. The van der Waals surface area contributed by atoms with Gasteiger partial charge in [-0.05, 0) is 66.3 Å². The molecular formula is C26H25ClN6O2. The number of amides is 1. The highest BCUT2D eigenvalue weighted by atomic mass is 35.5. The topological polar surface area (TPSA) is 104 Å². The van der Waals surface area contributed by atoms with E-state index < -0.39 is 5.69 Å². The highest BCUT2D eigenvalue weighted by molar-refractivity contribution is 6.30. The fourth-order valence-electron chi connectivity index (χ4n) is 4.66. The van der Waals surface area contributed by atoms with E-state index in [1.165, 1.54) is 18.4 Å². The van der Waals surface area contributed by atoms with Gasteiger partial charge in [-0.3, -0.25) is 9.78 Å². The molecule has 0 radical (unpaired) electrons. The first kappa shape index (κ1) is 21.9. The SMILES string of the molecule is O=C(C[C@H]1C[C@@H]1c1cccc(Cl)c1)Nc1cc(NCc2cn3cc(C4CC4)ccc3n2)nc(=O)[nH]1. The van der Waals surface area contributed by atoms with E-state index in [0.717, 1.165) is 23.3 Å². The van der Waals surface area contributed by atoms with Crippen molar-refractivity contribution in [1.29, 1.82) is 0 Å². The van der Waals surface area contributed by atoms with Crippen LogP contribution in [0.3, 0.4) is 0 Å². The van der Waals surface area contributed by atoms with E-state index in [0.29, 0.717) is 41.5 Å². The molecule has 0 aliphatic heterocycles. The maximum atomic E-state index is 12.6. The normalized spacial score (nSPS) is 19.0. The van der Waals surface area contributed by atoms with Crippen molar-refractivity contribution in [3.8, 4) is 0 Å². The monoisotopic (exact) mass is 488 g/mol. The molecule has 0 saturated heterocycles. The Morgan fingerprint density at radius 1 is 1.11 bits per heavy atom. The smallest absolute Gasteiger partial charge is 0.348 e. The van der Waals surface area contributed by atoms with E-state index in [4.69, 9.17) is 11.6 Å². The van der Waals surface area contributed by atoms with Crippen LogP contribution in [0.15, 0.2) is 59.7 Å². The van der Waals surface area contributed by atoms with Crippen LogP contribution in [0.2, 0.25) is 5.02 Å². The van der Waals surface area contributed by atoms with Crippen LogP contribution in [-0.4, -0.2) is 25.3 Å². The number of aromatic amines is 1. The van der Waals surface area contributed by atoms with Gasteiger partial charge in [0.15, 0.2) is 0 Å². The molecule has 3 aromatic heterocycles. The van der Waals surface area contributed by atoms with Crippen LogP contribution in [0.1, 0.15) is 54.3 Å². The third-order valence-corrected chi connectivity index (χ3v) is 6.92. The third kappa shape index (κ3) is 5.07. The largest absolute Gasteiger partial charge is 0.364 e. The second-order valence-corrected chi connectivity index (χ2v) is 9.92. The molecule has 2 atom stereocenters. The predicted molar refractivity (Wildman–Crippen MR) is 135 cm³/mol. The standard InChI is InChI=1S/C26H25ClN6O2/c27-19-3-1-2-16(8-19)21-9-18(21)10-25(34)30-23-11-22(31-26(35)32-23)28-12-20-14-33-13-17(15-4-5-15)6-7-24(33)29-20/h1-3,6-8,11,13-15,18,21H,4-5,9-10,12H2,(H3,28,30,31,32,34,35)/t18-,21-/m1/s1. The summed E-state index contributed by atoms with van der Waals surface area (Å²) in [5.41, 5.74) is 3.70. The molecule has 3 N–H and O–H groups in total. The number of nitrogens with one attached hydrogen (secondary N) is 3. The number of H-pyrrole nitrogens is 1. The van der Waals surface area contributed by atoms with Crippen LogP contribution >= 0.6 is 11.6 Å². The Balaban J connectivity index is 1.07. The van der Waals surface area contributed by atoms with Crippen molar-refractivity contribution < 1.29 is 4.79 Å². The molecule has 0 unspecified atom stereocenters. The molecule has 1 amide bonds. The minimum absolute atomic E-state index is 0.140. The zero-order chi connectivity index (χ0) is 23.9. The summed E-state index contributed by atoms with van der Waals surface area (Å²) in [6.07, 6.45) is 7.97. The zero-order valence-corrected chi connectivity index (χ0v) is 19.8. The average Bonchev–Trinajstić information content (AvgIpc) is 3.75. The number of imidazole rings is 1. The highest BCUT2D eigenvalue weighted by Crippen LogP contribution is 2.50. The van der Waals surface area contributed by atoms with Gasteiger partial charge in [0.1, 0.15) is 17.3 Å². The fourth-order valence-corrected chi connectivity index (χ4v) is 4.86. The lowest BCUT2D eigenvalue weighted by Crippen LogP contribution is -2.20. The van der Waals surface area contributed by atoms with Crippen LogP contribution < -0.4 is 16.3 Å². The number of hydrogen-bond acceptors (Lipinski definition) is 5. The number of hydrogen-bond donors (Lipinski definition) is 3. The second-order valence-electron chi connectivity index (χ2n) is 9.48. The molecule has 35 heavy (non-hydrogen) atoms. The lowest BCUT2D eigenvalue weighted by Gasteiger charge is -2.08. The van der Waals surface area contributed by atoms with Gasteiger partial charge in [0.25, 0.3) is 0 Å². The Bertz CT molecular complexity index is 1470. The van der Waals surface area contributed by atoms with Gasteiger partial charge in [0.2, 0.25) is 5.91 Å². The number of rotatable bonds is 8. The van der Waals surface area contributed by atoms with Crippen molar-refractivity contribution in [3.63, 3.8) is 0 Å². The number of carbonyl (C=O) groups is 1. The summed E-state index contributed by atoms with van der Waals surface area (Å²) in [6.45, 7) is 0.410. The van der Waals surface area contributed by atoms with Gasteiger partial charge in [-0.1, -0.05) is 29.8 Å². The minimum atomic E-state index is -0.530. The van der Waals surface area contributed by atoms with Gasteiger partial charge in [0, 0.05) is 29.9 Å². The Morgan fingerprint density at radius 2 is 2.00 bits per heavy atom. The predicted octanol–water partition coefficient (Wildman–Crippen LogP) is 4.69. The maximum Gasteiger partial charge on any atom is 0.348 e. The molecule has 2 saturated carbocycles. The van der Waals surface area contributed by atoms with Crippen LogP contribution in [0, 0.1) is 5.92 Å². The van der Waals surface area contributed by atoms with Crippen molar-refractivity contribution in [2.75, 3.05) is 10.6 Å². The number of halogens is 1. The average molecular weight is 489 g/mol. The molecule has 8 nitrogen and oxygen atoms in total. The van der Waals surface area contributed by atoms with Crippen molar-refractivity contribution in [2.45, 2.75) is 44.1 Å². The lowest BCUT2D eigenvalue weighted by atomic mass is 10.1. The number of fused-ring (bicyclic) bond motifs is 1. The summed E-state index contributed by atoms with van der Waals surface area (Å²) in [5, 5.41) is 6.65. The molecular weight excluding hydrogens is 464 g/mol. The summed E-state index contributed by atoms with van der Waals surface area (Å²) in [6, 6.07) is 13.6. The van der Waals surface area contributed by atoms with E-state index >= 15 is 0 Å². The molecule has 1 aromatic carbocycles. The van der Waals surface area contributed by atoms with Crippen LogP contribution in [0.25, 0.3) is 5.65 Å². The Kier molecular flexibility index (Phi) is 5.53. The number of anilines is 2. The first-order chi connectivity index (χ1) is 17.0. The quantitative estimate of drug-likeness (QED) is 0.333. The van der Waals surface area contributed by atoms with E-state index in [2.05, 4.69) is 37.8 Å². The summed E-state index contributed by atoms with van der Waals surface area (Å²) >= 11 is 6.08. The van der Waals surface area contributed by atoms with Crippen LogP contribution in [-0.2, 0) is 11.3 Å². The van der Waals surface area contributed by atoms with Crippen molar-refractivity contribution >= 4 is 34.8 Å². The van der Waals surface area contributed by atoms with Crippen LogP contribution in [0.5, 0.6) is 0 Å². The molecule has 4 aromatic rings. The van der Waals surface area contributed by atoms with E-state index in [1.807, 2.05) is 40.9 Å². The van der Waals surface area contributed by atoms with Gasteiger partial charge in [-0.25, -0.2) is 9.78 Å². The summed E-state index contributed by atoms with van der Waals surface area (Å²) in [7, 11) is 0. The van der Waals surface area contributed by atoms with Crippen molar-refractivity contribution in [1.82, 2.24) is 19.4 Å². The van der Waals surface area contributed by atoms with E-state index in [-0.39, 0.29) is 11.8 Å². The molecule has 0 spiro atoms. The van der Waals surface area contributed by atoms with Gasteiger partial charge >= 0.3 is 5.69 Å². The summed E-state index contributed by atoms with van der Waals surface area (Å²) in [5.74, 6) is 1.86. The van der Waals surface area contributed by atoms with Gasteiger partial charge < -0.3 is 15.0 Å². The van der Waals surface area contributed by atoms with E-state index in [9.17, 15) is 9.59 Å². The molecule has 0 bridgehead atoms. The van der Waals surface area contributed by atoms with E-state index in [1.54, 1.807) is 6.07 Å². The number of benzene rings is 1. The highest BCUT2D eigenvalue weighted by Gasteiger charge is 2.39. The number of nitrogens with zero attached hydrogens (tertiary/aromatic N) is 3. The maximum absolute atomic E-state index is 12.6. The van der Waals surface area contributed by atoms with Crippen molar-refractivity contribution in [3.05, 3.63) is 87.2 Å². The van der Waals surface area contributed by atoms with Crippen molar-refractivity contribution in [2.24, 2.45) is 5.92 Å². The van der Waals surface area contributed by atoms with Gasteiger partial charge in [0.05, 0.1) is 12.2 Å². The first-order valence-electron chi connectivity index (χ1n) is 11.9. The number of aromatic nitrogens is 4. The Hall–Kier alpha value is -3.65. The third-order valence-electron chi connectivity index (χ3n) is 6.69. The summed E-state index contributed by atoms with van der Waals surface area (Å²) in [4.78, 5) is 35.8. The molecule has 9 heteroatoms. The minimum Gasteiger partial charge on any atom is -0.364 e. The second kappa shape index (κ2) is 8.85. The van der Waals surface area contributed by atoms with Gasteiger partial charge in [-0.15, -0.1) is 0 Å². The number of carbonyl (C=O) groups excluding carboxylic acids is 1. The fraction of sp³-hybridized carbons (Fsp3) is 0.308. The Morgan fingerprint density at radius 3 is 2.83 bits per heavy atom. The molecule has 178 valence electrons. The molecule has 6 rings (SSSR count). The molecule has 2 aliphatic rings. The van der Waals surface area contributed by atoms with Crippen LogP contribution in [0.4, 0.5) is 11.6 Å². The van der Waals surface area contributed by atoms with Gasteiger partial charge in [-0.2, -0.15) is 4.98 Å². The summed E-state index contributed by atoms with van der Waals surface area (Å²) < 4.78 is 2.04. The number of pyridine rings is 1. The molecule has 3 heterocycles. The zero-order valence-electron chi connectivity index (χ0n) is 19.0. The first-order valence-corrected chi connectivity index (χ1v) is 12.3. The Labute approximate surface area is 206 Å².